The van der Waals surface area contributed by atoms with Crippen molar-refractivity contribution in [2.75, 3.05) is 6.54 Å². The van der Waals surface area contributed by atoms with E-state index in [-0.39, 0.29) is 0 Å². The van der Waals surface area contributed by atoms with E-state index < -0.39 is 0 Å². The number of para-hydroxylation sites is 1. The van der Waals surface area contributed by atoms with E-state index in [1.807, 2.05) is 30.5 Å². The molecule has 1 aromatic carbocycles. The Morgan fingerprint density at radius 3 is 2.87 bits per heavy atom. The van der Waals surface area contributed by atoms with Gasteiger partial charge in [-0.3, -0.25) is 4.98 Å². The van der Waals surface area contributed by atoms with E-state index in [9.17, 15) is 0 Å². The Balaban J connectivity index is 2.56. The maximum atomic E-state index is 5.53. The van der Waals surface area contributed by atoms with Gasteiger partial charge in [0.1, 0.15) is 0 Å². The zero-order chi connectivity index (χ0) is 10.7. The molecular formula is C13H14N2. The summed E-state index contributed by atoms with van der Waals surface area (Å²) < 4.78 is 0. The van der Waals surface area contributed by atoms with Crippen LogP contribution < -0.4 is 5.73 Å². The van der Waals surface area contributed by atoms with Gasteiger partial charge in [-0.25, -0.2) is 0 Å². The summed E-state index contributed by atoms with van der Waals surface area (Å²) in [6.07, 6.45) is 2.65. The van der Waals surface area contributed by atoms with Gasteiger partial charge >= 0.3 is 0 Å². The zero-order valence-electron chi connectivity index (χ0n) is 8.61. The first-order valence-electron chi connectivity index (χ1n) is 5.05. The van der Waals surface area contributed by atoms with Crippen LogP contribution in [-0.2, 0) is 0 Å². The lowest BCUT2D eigenvalue weighted by molar-refractivity contribution is 1.02. The van der Waals surface area contributed by atoms with E-state index in [1.54, 1.807) is 0 Å². The average Bonchev–Trinajstić information content (AvgIpc) is 2.28. The normalized spacial score (nSPS) is 10.5. The minimum absolute atomic E-state index is 0.634. The summed E-state index contributed by atoms with van der Waals surface area (Å²) >= 11 is 0. The largest absolute Gasteiger partial charge is 0.330 e. The van der Waals surface area contributed by atoms with Gasteiger partial charge in [0.15, 0.2) is 0 Å². The molecule has 2 rings (SSSR count). The molecular weight excluding hydrogens is 184 g/mol. The molecule has 2 nitrogen and oxygen atoms in total. The molecule has 0 aliphatic rings. The summed E-state index contributed by atoms with van der Waals surface area (Å²) in [6.45, 7) is 4.69. The first kappa shape index (κ1) is 9.87. The number of benzene rings is 1. The zero-order valence-corrected chi connectivity index (χ0v) is 8.61. The number of hydrogen-bond donors (Lipinski definition) is 1. The van der Waals surface area contributed by atoms with Crippen LogP contribution in [-0.4, -0.2) is 11.5 Å². The van der Waals surface area contributed by atoms with Crippen LogP contribution in [0, 0.1) is 0 Å². The molecule has 0 amide bonds. The Bertz CT molecular complexity index is 483. The van der Waals surface area contributed by atoms with Gasteiger partial charge in [-0.2, -0.15) is 0 Å². The third kappa shape index (κ3) is 1.90. The second kappa shape index (κ2) is 4.24. The van der Waals surface area contributed by atoms with Crippen molar-refractivity contribution in [2.24, 2.45) is 5.73 Å². The molecule has 0 spiro atoms. The lowest BCUT2D eigenvalue weighted by Crippen LogP contribution is -1.99. The molecule has 0 bridgehead atoms. The third-order valence-electron chi connectivity index (χ3n) is 2.48. The molecule has 0 aliphatic heterocycles. The average molecular weight is 198 g/mol. The van der Waals surface area contributed by atoms with E-state index >= 15 is 0 Å². The fourth-order valence-corrected chi connectivity index (χ4v) is 1.71. The molecule has 0 unspecified atom stereocenters. The molecule has 1 heterocycles. The summed E-state index contributed by atoms with van der Waals surface area (Å²) in [5.41, 5.74) is 8.78. The molecule has 2 aromatic rings. The molecule has 15 heavy (non-hydrogen) atoms. The van der Waals surface area contributed by atoms with E-state index in [1.165, 1.54) is 0 Å². The van der Waals surface area contributed by atoms with Crippen molar-refractivity contribution >= 4 is 16.5 Å². The van der Waals surface area contributed by atoms with Crippen LogP contribution in [0.2, 0.25) is 0 Å². The molecule has 0 radical (unpaired) electrons. The van der Waals surface area contributed by atoms with Crippen LogP contribution in [0.15, 0.2) is 43.1 Å². The maximum Gasteiger partial charge on any atom is 0.0708 e. The summed E-state index contributed by atoms with van der Waals surface area (Å²) in [6, 6.07) is 10.1. The predicted octanol–water partition coefficient (Wildman–Crippen LogP) is 2.60. The van der Waals surface area contributed by atoms with Crippen molar-refractivity contribution in [1.82, 2.24) is 4.98 Å². The molecule has 2 heteroatoms. The van der Waals surface area contributed by atoms with Gasteiger partial charge in [-0.15, -0.1) is 0 Å². The van der Waals surface area contributed by atoms with E-state index in [0.29, 0.717) is 6.54 Å². The van der Waals surface area contributed by atoms with Crippen molar-refractivity contribution in [2.45, 2.75) is 6.42 Å². The van der Waals surface area contributed by atoms with Gasteiger partial charge in [0.2, 0.25) is 0 Å². The predicted molar refractivity (Wildman–Crippen MR) is 64.4 cm³/mol. The first-order chi connectivity index (χ1) is 7.33. The number of fused-ring (bicyclic) bond motifs is 1. The third-order valence-corrected chi connectivity index (χ3v) is 2.48. The van der Waals surface area contributed by atoms with Crippen molar-refractivity contribution in [3.63, 3.8) is 0 Å². The van der Waals surface area contributed by atoms with Gasteiger partial charge in [0.25, 0.3) is 0 Å². The number of hydrogen-bond acceptors (Lipinski definition) is 2. The summed E-state index contributed by atoms with van der Waals surface area (Å²) in [5, 5.41) is 1.15. The first-order valence-corrected chi connectivity index (χ1v) is 5.05. The Kier molecular flexibility index (Phi) is 2.79. The van der Waals surface area contributed by atoms with E-state index in [0.717, 1.165) is 28.5 Å². The van der Waals surface area contributed by atoms with Gasteiger partial charge in [0.05, 0.1) is 5.52 Å². The number of rotatable bonds is 3. The molecule has 0 fully saturated rings. The second-order valence-electron chi connectivity index (χ2n) is 3.52. The van der Waals surface area contributed by atoms with Crippen molar-refractivity contribution in [1.29, 1.82) is 0 Å². The van der Waals surface area contributed by atoms with Crippen molar-refractivity contribution < 1.29 is 0 Å². The molecule has 0 saturated carbocycles. The van der Waals surface area contributed by atoms with Crippen molar-refractivity contribution in [3.8, 4) is 0 Å². The fraction of sp³-hybridized carbons (Fsp3) is 0.154. The maximum absolute atomic E-state index is 5.53. The van der Waals surface area contributed by atoms with Crippen LogP contribution >= 0.6 is 0 Å². The van der Waals surface area contributed by atoms with Gasteiger partial charge < -0.3 is 5.73 Å². The van der Waals surface area contributed by atoms with Crippen LogP contribution in [0.3, 0.4) is 0 Å². The number of nitrogens with zero attached hydrogens (tertiary/aromatic N) is 1. The minimum Gasteiger partial charge on any atom is -0.330 e. The summed E-state index contributed by atoms with van der Waals surface area (Å²) in [7, 11) is 0. The number of pyridine rings is 1. The van der Waals surface area contributed by atoms with Crippen molar-refractivity contribution in [3.05, 3.63) is 48.7 Å². The van der Waals surface area contributed by atoms with Crippen LogP contribution in [0.25, 0.3) is 16.5 Å². The smallest absolute Gasteiger partial charge is 0.0708 e. The molecule has 0 atom stereocenters. The van der Waals surface area contributed by atoms with Gasteiger partial charge in [-0.1, -0.05) is 24.8 Å². The Morgan fingerprint density at radius 1 is 1.27 bits per heavy atom. The molecule has 0 saturated heterocycles. The van der Waals surface area contributed by atoms with Crippen LogP contribution in [0.1, 0.15) is 12.0 Å². The van der Waals surface area contributed by atoms with Gasteiger partial charge in [0, 0.05) is 11.6 Å². The van der Waals surface area contributed by atoms with E-state index in [4.69, 9.17) is 5.73 Å². The number of aromatic nitrogens is 1. The Morgan fingerprint density at radius 2 is 2.07 bits per heavy atom. The summed E-state index contributed by atoms with van der Waals surface area (Å²) in [5.74, 6) is 0. The van der Waals surface area contributed by atoms with Crippen LogP contribution in [0.4, 0.5) is 0 Å². The lowest BCUT2D eigenvalue weighted by atomic mass is 10.0. The topological polar surface area (TPSA) is 38.9 Å². The molecule has 76 valence electrons. The van der Waals surface area contributed by atoms with Gasteiger partial charge in [-0.05, 0) is 36.2 Å². The Labute approximate surface area is 89.4 Å². The monoisotopic (exact) mass is 198 g/mol. The fourth-order valence-electron chi connectivity index (χ4n) is 1.71. The van der Waals surface area contributed by atoms with Crippen LogP contribution in [0.5, 0.6) is 0 Å². The molecule has 2 N–H and O–H groups in total. The highest BCUT2D eigenvalue weighted by atomic mass is 14.6. The quantitative estimate of drug-likeness (QED) is 0.823. The minimum atomic E-state index is 0.634. The standard InChI is InChI=1S/C13H14N2/c1-10(6-8-14)11-7-9-15-13-5-3-2-4-12(11)13/h2-5,7,9H,1,6,8,14H2. The molecule has 1 aromatic heterocycles. The molecule has 0 aliphatic carbocycles. The summed E-state index contributed by atoms with van der Waals surface area (Å²) in [4.78, 5) is 4.31. The van der Waals surface area contributed by atoms with E-state index in [2.05, 4.69) is 17.6 Å². The highest BCUT2D eigenvalue weighted by Gasteiger charge is 2.03. The SMILES string of the molecule is C=C(CCN)c1ccnc2ccccc12. The number of nitrogens with two attached hydrogens (primary N) is 1. The Hall–Kier alpha value is -1.67. The highest BCUT2D eigenvalue weighted by Crippen LogP contribution is 2.23. The lowest BCUT2D eigenvalue weighted by Gasteiger charge is -2.07. The second-order valence-corrected chi connectivity index (χ2v) is 3.52. The highest BCUT2D eigenvalue weighted by molar-refractivity contribution is 5.90.